The molecule has 1 N–H and O–H groups in total. The summed E-state index contributed by atoms with van der Waals surface area (Å²) >= 11 is 6.08. The van der Waals surface area contributed by atoms with Crippen LogP contribution in [-0.2, 0) is 16.1 Å². The molecule has 0 spiro atoms. The number of rotatable bonds is 10. The summed E-state index contributed by atoms with van der Waals surface area (Å²) in [5, 5.41) is 13.8. The van der Waals surface area contributed by atoms with Crippen LogP contribution in [0.1, 0.15) is 24.5 Å². The minimum atomic E-state index is -0.873. The first-order valence-electron chi connectivity index (χ1n) is 10.0. The standard InChI is InChI=1S/C25H24ClNO4/c1-2-24(20-11-9-19(10-12-20)21-6-4-7-22(26)17-21)27-31-14-13-30-23-8-3-5-18(15-23)16-25(28)29/h3-12,15,17H,2,13-14,16H2,1H3,(H,28,29)/b27-24+. The first-order chi connectivity index (χ1) is 15.0. The van der Waals surface area contributed by atoms with Crippen LogP contribution in [-0.4, -0.2) is 30.0 Å². The van der Waals surface area contributed by atoms with E-state index in [1.165, 1.54) is 0 Å². The van der Waals surface area contributed by atoms with Crippen molar-refractivity contribution in [2.75, 3.05) is 13.2 Å². The van der Waals surface area contributed by atoms with Crippen molar-refractivity contribution >= 4 is 23.3 Å². The molecule has 0 radical (unpaired) electrons. The average molecular weight is 438 g/mol. The van der Waals surface area contributed by atoms with Crippen LogP contribution in [0.15, 0.2) is 78.0 Å². The Morgan fingerprint density at radius 2 is 1.74 bits per heavy atom. The van der Waals surface area contributed by atoms with Crippen molar-refractivity contribution in [3.63, 3.8) is 0 Å². The SMILES string of the molecule is CC/C(=N\OCCOc1cccc(CC(=O)O)c1)c1ccc(-c2cccc(Cl)c2)cc1. The Hall–Kier alpha value is -3.31. The van der Waals surface area contributed by atoms with Crippen LogP contribution in [0, 0.1) is 0 Å². The topological polar surface area (TPSA) is 68.1 Å². The molecule has 3 aromatic rings. The smallest absolute Gasteiger partial charge is 0.307 e. The van der Waals surface area contributed by atoms with E-state index < -0.39 is 5.97 Å². The number of nitrogens with zero attached hydrogens (tertiary/aromatic N) is 1. The van der Waals surface area contributed by atoms with E-state index in [9.17, 15) is 4.79 Å². The first-order valence-corrected chi connectivity index (χ1v) is 10.4. The largest absolute Gasteiger partial charge is 0.490 e. The summed E-state index contributed by atoms with van der Waals surface area (Å²) in [7, 11) is 0. The van der Waals surface area contributed by atoms with Gasteiger partial charge in [0.1, 0.15) is 12.4 Å². The number of hydrogen-bond acceptors (Lipinski definition) is 4. The van der Waals surface area contributed by atoms with Gasteiger partial charge in [0, 0.05) is 5.02 Å². The highest BCUT2D eigenvalue weighted by molar-refractivity contribution is 6.30. The Morgan fingerprint density at radius 3 is 2.45 bits per heavy atom. The van der Waals surface area contributed by atoms with E-state index in [4.69, 9.17) is 26.3 Å². The Kier molecular flexibility index (Phi) is 8.07. The van der Waals surface area contributed by atoms with Gasteiger partial charge in [-0.25, -0.2) is 0 Å². The molecule has 0 bridgehead atoms. The molecule has 0 saturated carbocycles. The Bertz CT molecular complexity index is 1050. The highest BCUT2D eigenvalue weighted by atomic mass is 35.5. The summed E-state index contributed by atoms with van der Waals surface area (Å²) in [5.41, 5.74) is 4.69. The molecule has 0 heterocycles. The normalized spacial score (nSPS) is 11.2. The second kappa shape index (κ2) is 11.2. The van der Waals surface area contributed by atoms with Crippen molar-refractivity contribution < 1.29 is 19.5 Å². The molecule has 5 nitrogen and oxygen atoms in total. The number of carboxylic acids is 1. The van der Waals surface area contributed by atoms with Gasteiger partial charge in [-0.15, -0.1) is 0 Å². The molecule has 3 aromatic carbocycles. The van der Waals surface area contributed by atoms with Crippen molar-refractivity contribution in [1.82, 2.24) is 0 Å². The van der Waals surface area contributed by atoms with Crippen molar-refractivity contribution in [2.45, 2.75) is 19.8 Å². The van der Waals surface area contributed by atoms with E-state index in [0.717, 1.165) is 28.8 Å². The van der Waals surface area contributed by atoms with Crippen LogP contribution in [0.3, 0.4) is 0 Å². The van der Waals surface area contributed by atoms with Gasteiger partial charge in [-0.2, -0.15) is 0 Å². The fourth-order valence-electron chi connectivity index (χ4n) is 3.08. The maximum absolute atomic E-state index is 10.8. The van der Waals surface area contributed by atoms with Crippen LogP contribution in [0.4, 0.5) is 0 Å². The molecule has 0 aliphatic rings. The minimum Gasteiger partial charge on any atom is -0.490 e. The fourth-order valence-corrected chi connectivity index (χ4v) is 3.27. The van der Waals surface area contributed by atoms with Gasteiger partial charge in [0.25, 0.3) is 0 Å². The zero-order valence-corrected chi connectivity index (χ0v) is 18.0. The second-order valence-electron chi connectivity index (χ2n) is 6.88. The monoisotopic (exact) mass is 437 g/mol. The van der Waals surface area contributed by atoms with Gasteiger partial charge < -0.3 is 14.7 Å². The summed E-state index contributed by atoms with van der Waals surface area (Å²) in [4.78, 5) is 16.3. The van der Waals surface area contributed by atoms with Crippen molar-refractivity contribution in [2.24, 2.45) is 5.16 Å². The molecule has 31 heavy (non-hydrogen) atoms. The van der Waals surface area contributed by atoms with E-state index in [1.54, 1.807) is 24.3 Å². The number of benzene rings is 3. The molecule has 0 aliphatic carbocycles. The van der Waals surface area contributed by atoms with Crippen molar-refractivity contribution in [3.8, 4) is 16.9 Å². The highest BCUT2D eigenvalue weighted by Gasteiger charge is 2.05. The molecule has 3 rings (SSSR count). The van der Waals surface area contributed by atoms with Crippen LogP contribution in [0.25, 0.3) is 11.1 Å². The lowest BCUT2D eigenvalue weighted by molar-refractivity contribution is -0.136. The first kappa shape index (κ1) is 22.4. The summed E-state index contributed by atoms with van der Waals surface area (Å²) < 4.78 is 5.63. The molecular formula is C25H24ClNO4. The number of carbonyl (C=O) groups is 1. The zero-order valence-electron chi connectivity index (χ0n) is 17.3. The lowest BCUT2D eigenvalue weighted by Gasteiger charge is -2.09. The third kappa shape index (κ3) is 6.86. The number of halogens is 1. The molecule has 0 unspecified atom stereocenters. The molecule has 0 aromatic heterocycles. The Labute approximate surface area is 186 Å². The van der Waals surface area contributed by atoms with Crippen LogP contribution in [0.2, 0.25) is 5.02 Å². The maximum atomic E-state index is 10.8. The number of hydrogen-bond donors (Lipinski definition) is 1. The Morgan fingerprint density at radius 1 is 0.968 bits per heavy atom. The van der Waals surface area contributed by atoms with E-state index in [-0.39, 0.29) is 13.0 Å². The van der Waals surface area contributed by atoms with Gasteiger partial charge in [-0.05, 0) is 52.9 Å². The van der Waals surface area contributed by atoms with Crippen molar-refractivity contribution in [3.05, 3.63) is 88.9 Å². The van der Waals surface area contributed by atoms with Crippen LogP contribution in [0.5, 0.6) is 5.75 Å². The van der Waals surface area contributed by atoms with Crippen LogP contribution >= 0.6 is 11.6 Å². The molecular weight excluding hydrogens is 414 g/mol. The zero-order chi connectivity index (χ0) is 22.1. The van der Waals surface area contributed by atoms with E-state index >= 15 is 0 Å². The molecule has 160 valence electrons. The number of carboxylic acid groups (broad SMARTS) is 1. The summed E-state index contributed by atoms with van der Waals surface area (Å²) in [6.45, 7) is 2.62. The summed E-state index contributed by atoms with van der Waals surface area (Å²) in [5.74, 6) is -0.263. The average Bonchev–Trinajstić information content (AvgIpc) is 2.76. The van der Waals surface area contributed by atoms with Crippen molar-refractivity contribution in [1.29, 1.82) is 0 Å². The lowest BCUT2D eigenvalue weighted by Crippen LogP contribution is -2.07. The predicted molar refractivity (Wildman–Crippen MR) is 123 cm³/mol. The maximum Gasteiger partial charge on any atom is 0.307 e. The van der Waals surface area contributed by atoms with E-state index in [2.05, 4.69) is 5.16 Å². The van der Waals surface area contributed by atoms with E-state index in [0.29, 0.717) is 22.9 Å². The summed E-state index contributed by atoms with van der Waals surface area (Å²) in [6.07, 6.45) is 0.697. The molecule has 0 atom stereocenters. The molecule has 0 fully saturated rings. The van der Waals surface area contributed by atoms with Crippen LogP contribution < -0.4 is 4.74 Å². The van der Waals surface area contributed by atoms with E-state index in [1.807, 2.05) is 55.5 Å². The second-order valence-corrected chi connectivity index (χ2v) is 7.32. The third-order valence-electron chi connectivity index (χ3n) is 4.58. The Balaban J connectivity index is 1.53. The molecule has 0 amide bonds. The number of aliphatic carboxylic acids is 1. The fraction of sp³-hybridized carbons (Fsp3) is 0.200. The van der Waals surface area contributed by atoms with Gasteiger partial charge in [-0.1, -0.05) is 72.2 Å². The molecule has 0 saturated heterocycles. The minimum absolute atomic E-state index is 0.0338. The lowest BCUT2D eigenvalue weighted by atomic mass is 10.0. The summed E-state index contributed by atoms with van der Waals surface area (Å²) in [6, 6.07) is 22.9. The van der Waals surface area contributed by atoms with Gasteiger partial charge in [0.2, 0.25) is 0 Å². The molecule has 0 aliphatic heterocycles. The van der Waals surface area contributed by atoms with Gasteiger partial charge >= 0.3 is 5.97 Å². The quantitative estimate of drug-likeness (QED) is 0.245. The number of ether oxygens (including phenoxy) is 1. The number of oxime groups is 1. The van der Waals surface area contributed by atoms with Gasteiger partial charge in [0.15, 0.2) is 6.61 Å². The third-order valence-corrected chi connectivity index (χ3v) is 4.82. The van der Waals surface area contributed by atoms with Gasteiger partial charge in [-0.3, -0.25) is 4.79 Å². The highest BCUT2D eigenvalue weighted by Crippen LogP contribution is 2.23. The van der Waals surface area contributed by atoms with Gasteiger partial charge in [0.05, 0.1) is 12.1 Å². The molecule has 6 heteroatoms. The predicted octanol–water partition coefficient (Wildman–Crippen LogP) is 5.84.